The van der Waals surface area contributed by atoms with Crippen LogP contribution < -0.4 is 5.32 Å². The van der Waals surface area contributed by atoms with Gasteiger partial charge in [0.1, 0.15) is 0 Å². The molecule has 2 N–H and O–H groups in total. The van der Waals surface area contributed by atoms with Crippen molar-refractivity contribution in [2.75, 3.05) is 0 Å². The van der Waals surface area contributed by atoms with E-state index in [4.69, 9.17) is 0 Å². The first-order chi connectivity index (χ1) is 9.08. The third-order valence-electron chi connectivity index (χ3n) is 3.48. The molecule has 1 amide bonds. The van der Waals surface area contributed by atoms with Gasteiger partial charge in [0.05, 0.1) is 12.1 Å². The second kappa shape index (κ2) is 5.81. The second-order valence-electron chi connectivity index (χ2n) is 4.88. The minimum Gasteiger partial charge on any atom is -0.481 e. The lowest BCUT2D eigenvalue weighted by atomic mass is 9.95. The Morgan fingerprint density at radius 2 is 2.11 bits per heavy atom. The number of amides is 1. The second-order valence-corrected chi connectivity index (χ2v) is 4.88. The molecule has 1 saturated carbocycles. The van der Waals surface area contributed by atoms with Crippen molar-refractivity contribution in [3.8, 4) is 0 Å². The summed E-state index contributed by atoms with van der Waals surface area (Å²) in [6.45, 7) is 0. The summed E-state index contributed by atoms with van der Waals surface area (Å²) in [7, 11) is 1.63. The van der Waals surface area contributed by atoms with Gasteiger partial charge >= 0.3 is 5.97 Å². The monoisotopic (exact) mass is 266 g/mol. The first-order valence-electron chi connectivity index (χ1n) is 6.48. The molecule has 1 aromatic rings. The number of carbonyl (C=O) groups is 2. The van der Waals surface area contributed by atoms with Crippen LogP contribution in [0.2, 0.25) is 0 Å². The lowest BCUT2D eigenvalue weighted by Gasteiger charge is -2.22. The standard InChI is InChI=1S/C12H18N4O3/c1-16-13-7-10(15-16)11(17)14-9-6-4-2-3-5-8(9)12(18)19/h7-9H,2-6H2,1H3,(H,14,17)(H,18,19). The molecule has 0 aliphatic heterocycles. The molecule has 0 spiro atoms. The highest BCUT2D eigenvalue weighted by Crippen LogP contribution is 2.24. The van der Waals surface area contributed by atoms with Gasteiger partial charge in [-0.1, -0.05) is 19.3 Å². The first kappa shape index (κ1) is 13.5. The lowest BCUT2D eigenvalue weighted by molar-refractivity contribution is -0.142. The van der Waals surface area contributed by atoms with E-state index in [2.05, 4.69) is 15.5 Å². The maximum absolute atomic E-state index is 12.0. The molecule has 2 unspecified atom stereocenters. The fraction of sp³-hybridized carbons (Fsp3) is 0.667. The van der Waals surface area contributed by atoms with E-state index in [1.165, 1.54) is 11.0 Å². The number of aryl methyl sites for hydroxylation is 1. The van der Waals surface area contributed by atoms with E-state index in [0.29, 0.717) is 12.8 Å². The van der Waals surface area contributed by atoms with Gasteiger partial charge in [-0.3, -0.25) is 9.59 Å². The molecule has 2 rings (SSSR count). The van der Waals surface area contributed by atoms with Crippen LogP contribution in [-0.2, 0) is 11.8 Å². The van der Waals surface area contributed by atoms with Crippen LogP contribution in [-0.4, -0.2) is 38.0 Å². The van der Waals surface area contributed by atoms with Crippen LogP contribution in [0.15, 0.2) is 6.20 Å². The van der Waals surface area contributed by atoms with Crippen molar-refractivity contribution in [2.45, 2.75) is 38.1 Å². The molecule has 0 radical (unpaired) electrons. The minimum absolute atomic E-state index is 0.218. The minimum atomic E-state index is -0.841. The molecule has 19 heavy (non-hydrogen) atoms. The van der Waals surface area contributed by atoms with Gasteiger partial charge < -0.3 is 10.4 Å². The summed E-state index contributed by atoms with van der Waals surface area (Å²) in [5.41, 5.74) is 0.218. The Morgan fingerprint density at radius 3 is 2.74 bits per heavy atom. The molecule has 1 heterocycles. The van der Waals surface area contributed by atoms with Crippen molar-refractivity contribution in [3.05, 3.63) is 11.9 Å². The molecule has 0 aromatic carbocycles. The van der Waals surface area contributed by atoms with Crippen molar-refractivity contribution < 1.29 is 14.7 Å². The van der Waals surface area contributed by atoms with Gasteiger partial charge in [0.15, 0.2) is 5.69 Å². The van der Waals surface area contributed by atoms with Gasteiger partial charge in [-0.15, -0.1) is 5.10 Å². The van der Waals surface area contributed by atoms with Crippen LogP contribution in [0.25, 0.3) is 0 Å². The molecular weight excluding hydrogens is 248 g/mol. The van der Waals surface area contributed by atoms with Gasteiger partial charge in [-0.2, -0.15) is 9.90 Å². The summed E-state index contributed by atoms with van der Waals surface area (Å²) in [6, 6.07) is -0.325. The number of rotatable bonds is 3. The molecule has 1 aromatic heterocycles. The summed E-state index contributed by atoms with van der Waals surface area (Å²) in [5.74, 6) is -1.71. The Hall–Kier alpha value is -1.92. The van der Waals surface area contributed by atoms with Crippen LogP contribution in [0.4, 0.5) is 0 Å². The summed E-state index contributed by atoms with van der Waals surface area (Å²) >= 11 is 0. The topological polar surface area (TPSA) is 97.1 Å². The summed E-state index contributed by atoms with van der Waals surface area (Å²) in [6.07, 6.45) is 5.54. The van der Waals surface area contributed by atoms with Crippen molar-refractivity contribution >= 4 is 11.9 Å². The Balaban J connectivity index is 2.06. The molecule has 2 atom stereocenters. The highest BCUT2D eigenvalue weighted by Gasteiger charge is 2.31. The van der Waals surface area contributed by atoms with E-state index in [1.54, 1.807) is 7.05 Å². The Kier molecular flexibility index (Phi) is 4.13. The van der Waals surface area contributed by atoms with Gasteiger partial charge in [-0.25, -0.2) is 0 Å². The third kappa shape index (κ3) is 3.30. The molecule has 0 saturated heterocycles. The zero-order chi connectivity index (χ0) is 13.8. The van der Waals surface area contributed by atoms with Gasteiger partial charge in [0, 0.05) is 13.1 Å². The fourth-order valence-electron chi connectivity index (χ4n) is 2.47. The molecule has 1 aliphatic carbocycles. The van der Waals surface area contributed by atoms with Crippen LogP contribution >= 0.6 is 0 Å². The van der Waals surface area contributed by atoms with Crippen LogP contribution in [0, 0.1) is 5.92 Å². The Morgan fingerprint density at radius 1 is 1.37 bits per heavy atom. The SMILES string of the molecule is Cn1ncc(C(=O)NC2CCCCCC2C(=O)O)n1. The highest BCUT2D eigenvalue weighted by atomic mass is 16.4. The largest absolute Gasteiger partial charge is 0.481 e. The first-order valence-corrected chi connectivity index (χ1v) is 6.48. The van der Waals surface area contributed by atoms with E-state index in [1.807, 2.05) is 0 Å². The molecule has 7 heteroatoms. The molecular formula is C12H18N4O3. The average Bonchev–Trinajstić information content (AvgIpc) is 2.65. The third-order valence-corrected chi connectivity index (χ3v) is 3.48. The summed E-state index contributed by atoms with van der Waals surface area (Å²) < 4.78 is 0. The molecule has 1 aliphatic rings. The number of carboxylic acids is 1. The lowest BCUT2D eigenvalue weighted by Crippen LogP contribution is -2.43. The van der Waals surface area contributed by atoms with E-state index in [-0.39, 0.29) is 17.6 Å². The number of carboxylic acid groups (broad SMARTS) is 1. The summed E-state index contributed by atoms with van der Waals surface area (Å²) in [4.78, 5) is 24.5. The van der Waals surface area contributed by atoms with Crippen molar-refractivity contribution in [1.29, 1.82) is 0 Å². The van der Waals surface area contributed by atoms with E-state index in [9.17, 15) is 14.7 Å². The zero-order valence-electron chi connectivity index (χ0n) is 10.9. The predicted octanol–water partition coefficient (Wildman–Crippen LogP) is 0.578. The maximum atomic E-state index is 12.0. The van der Waals surface area contributed by atoms with E-state index in [0.717, 1.165) is 19.3 Å². The van der Waals surface area contributed by atoms with E-state index < -0.39 is 11.9 Å². The zero-order valence-corrected chi connectivity index (χ0v) is 10.9. The number of hydrogen-bond acceptors (Lipinski definition) is 4. The number of aromatic nitrogens is 3. The quantitative estimate of drug-likeness (QED) is 0.780. The van der Waals surface area contributed by atoms with Gasteiger partial charge in [0.25, 0.3) is 5.91 Å². The number of nitrogens with one attached hydrogen (secondary N) is 1. The molecule has 104 valence electrons. The van der Waals surface area contributed by atoms with Crippen LogP contribution in [0.3, 0.4) is 0 Å². The summed E-state index contributed by atoms with van der Waals surface area (Å²) in [5, 5.41) is 19.8. The van der Waals surface area contributed by atoms with Gasteiger partial charge in [0.2, 0.25) is 0 Å². The van der Waals surface area contributed by atoms with Gasteiger partial charge in [-0.05, 0) is 12.8 Å². The van der Waals surface area contributed by atoms with Crippen LogP contribution in [0.1, 0.15) is 42.6 Å². The molecule has 1 fully saturated rings. The van der Waals surface area contributed by atoms with E-state index >= 15 is 0 Å². The fourth-order valence-corrected chi connectivity index (χ4v) is 2.47. The molecule has 7 nitrogen and oxygen atoms in total. The average molecular weight is 266 g/mol. The van der Waals surface area contributed by atoms with Crippen molar-refractivity contribution in [2.24, 2.45) is 13.0 Å². The normalized spacial score (nSPS) is 23.6. The molecule has 0 bridgehead atoms. The Labute approximate surface area is 111 Å². The predicted molar refractivity (Wildman–Crippen MR) is 66.5 cm³/mol. The Bertz CT molecular complexity index is 471. The van der Waals surface area contributed by atoms with Crippen LogP contribution in [0.5, 0.6) is 0 Å². The number of hydrogen-bond donors (Lipinski definition) is 2. The highest BCUT2D eigenvalue weighted by molar-refractivity contribution is 5.92. The maximum Gasteiger partial charge on any atom is 0.308 e. The smallest absolute Gasteiger partial charge is 0.308 e. The van der Waals surface area contributed by atoms with Crippen molar-refractivity contribution in [3.63, 3.8) is 0 Å². The van der Waals surface area contributed by atoms with Crippen molar-refractivity contribution in [1.82, 2.24) is 20.3 Å². The number of aliphatic carboxylic acids is 1. The number of nitrogens with zero attached hydrogens (tertiary/aromatic N) is 3. The number of carbonyl (C=O) groups excluding carboxylic acids is 1.